The number of nitrogens with zero attached hydrogens (tertiary/aromatic N) is 4. The Hall–Kier alpha value is -3.68. The molecule has 0 bridgehead atoms. The van der Waals surface area contributed by atoms with Crippen LogP contribution in [0.3, 0.4) is 0 Å². The van der Waals surface area contributed by atoms with Crippen molar-refractivity contribution < 1.29 is 4.79 Å². The van der Waals surface area contributed by atoms with Crippen LogP contribution in [0.4, 0.5) is 5.69 Å². The van der Waals surface area contributed by atoms with E-state index >= 15 is 0 Å². The maximum Gasteiger partial charge on any atom is 0.253 e. The topological polar surface area (TPSA) is 97.6 Å². The van der Waals surface area contributed by atoms with Gasteiger partial charge in [0.2, 0.25) is 5.91 Å². The Morgan fingerprint density at radius 1 is 1.24 bits per heavy atom. The number of nitrogens with one attached hydrogen (secondary N) is 2. The van der Waals surface area contributed by atoms with Gasteiger partial charge in [-0.1, -0.05) is 12.1 Å². The van der Waals surface area contributed by atoms with Crippen LogP contribution in [0.2, 0.25) is 0 Å². The Bertz CT molecular complexity index is 1400. The van der Waals surface area contributed by atoms with E-state index in [0.29, 0.717) is 17.6 Å². The van der Waals surface area contributed by atoms with Gasteiger partial charge in [-0.3, -0.25) is 14.3 Å². The Morgan fingerprint density at radius 2 is 2.09 bits per heavy atom. The van der Waals surface area contributed by atoms with E-state index in [9.17, 15) is 9.59 Å². The first-order chi connectivity index (χ1) is 15.9. The number of carbonyl (C=O) groups is 1. The smallest absolute Gasteiger partial charge is 0.253 e. The van der Waals surface area contributed by atoms with E-state index in [-0.39, 0.29) is 17.9 Å². The normalized spacial score (nSPS) is 13.3. The Balaban J connectivity index is 1.30. The van der Waals surface area contributed by atoms with Gasteiger partial charge in [0.15, 0.2) is 0 Å². The van der Waals surface area contributed by atoms with Crippen LogP contribution in [-0.2, 0) is 31.2 Å². The van der Waals surface area contributed by atoms with E-state index < -0.39 is 0 Å². The molecule has 0 spiro atoms. The number of hydrogen-bond acceptors (Lipinski definition) is 4. The molecule has 8 nitrogen and oxygen atoms in total. The Kier molecular flexibility index (Phi) is 5.36. The summed E-state index contributed by atoms with van der Waals surface area (Å²) in [5.74, 6) is 1.00. The Labute approximate surface area is 191 Å². The van der Waals surface area contributed by atoms with Gasteiger partial charge in [0.1, 0.15) is 11.5 Å². The molecule has 0 radical (unpaired) electrons. The summed E-state index contributed by atoms with van der Waals surface area (Å²) in [4.78, 5) is 33.0. The molecule has 5 rings (SSSR count). The van der Waals surface area contributed by atoms with Gasteiger partial charge in [0.25, 0.3) is 5.56 Å². The SMILES string of the molecule is Cc1nn(C)c2[nH]c(=O)c(CCC(=O)Nc3cccc(-c4cn5c(n4)CCCC5)c3)c(C)c12. The molecule has 0 aliphatic carbocycles. The number of amides is 1. The summed E-state index contributed by atoms with van der Waals surface area (Å²) in [6, 6.07) is 7.77. The summed E-state index contributed by atoms with van der Waals surface area (Å²) in [5.41, 5.74) is 5.58. The summed E-state index contributed by atoms with van der Waals surface area (Å²) < 4.78 is 3.91. The van der Waals surface area contributed by atoms with E-state index in [0.717, 1.165) is 52.4 Å². The molecule has 0 saturated carbocycles. The number of fused-ring (bicyclic) bond motifs is 2. The monoisotopic (exact) mass is 444 g/mol. The molecule has 1 aromatic carbocycles. The number of anilines is 1. The van der Waals surface area contributed by atoms with Crippen LogP contribution in [0.25, 0.3) is 22.3 Å². The molecule has 33 heavy (non-hydrogen) atoms. The summed E-state index contributed by atoms with van der Waals surface area (Å²) in [7, 11) is 1.81. The van der Waals surface area contributed by atoms with Crippen molar-refractivity contribution in [3.05, 3.63) is 63.5 Å². The highest BCUT2D eigenvalue weighted by Crippen LogP contribution is 2.25. The number of hydrogen-bond donors (Lipinski definition) is 2. The number of aryl methyl sites for hydroxylation is 5. The molecule has 8 heteroatoms. The van der Waals surface area contributed by atoms with Crippen LogP contribution in [0, 0.1) is 13.8 Å². The van der Waals surface area contributed by atoms with Crippen LogP contribution in [0.1, 0.15) is 41.9 Å². The number of aromatic amines is 1. The number of pyridine rings is 1. The molecule has 0 fully saturated rings. The zero-order valence-corrected chi connectivity index (χ0v) is 19.2. The number of aromatic nitrogens is 5. The predicted octanol–water partition coefficient (Wildman–Crippen LogP) is 3.65. The number of benzene rings is 1. The number of carbonyl (C=O) groups excluding carboxylic acids is 1. The van der Waals surface area contributed by atoms with E-state index in [4.69, 9.17) is 4.98 Å². The van der Waals surface area contributed by atoms with Gasteiger partial charge in [0, 0.05) is 54.8 Å². The second kappa shape index (κ2) is 8.35. The quantitative estimate of drug-likeness (QED) is 0.491. The van der Waals surface area contributed by atoms with Crippen LogP contribution < -0.4 is 10.9 Å². The van der Waals surface area contributed by atoms with Crippen molar-refractivity contribution in [3.63, 3.8) is 0 Å². The van der Waals surface area contributed by atoms with Gasteiger partial charge in [-0.25, -0.2) is 4.98 Å². The molecule has 0 atom stereocenters. The van der Waals surface area contributed by atoms with Crippen LogP contribution >= 0.6 is 0 Å². The number of H-pyrrole nitrogens is 1. The van der Waals surface area contributed by atoms with Crippen molar-refractivity contribution in [2.24, 2.45) is 7.05 Å². The molecule has 2 N–H and O–H groups in total. The van der Waals surface area contributed by atoms with E-state index in [1.807, 2.05) is 45.2 Å². The lowest BCUT2D eigenvalue weighted by Crippen LogP contribution is -2.19. The standard InChI is InChI=1S/C25H28N6O2/c1-15-19(25(33)28-24-23(15)16(2)29-30(24)3)10-11-22(32)26-18-8-6-7-17(13-18)20-14-31-12-5-4-9-21(31)27-20/h6-8,13-14H,4-5,9-12H2,1-3H3,(H,26,32)(H,28,33). The molecular formula is C25H28N6O2. The zero-order valence-electron chi connectivity index (χ0n) is 19.2. The zero-order chi connectivity index (χ0) is 23.1. The second-order valence-corrected chi connectivity index (χ2v) is 8.81. The van der Waals surface area contributed by atoms with Gasteiger partial charge in [-0.2, -0.15) is 5.10 Å². The fourth-order valence-corrected chi connectivity index (χ4v) is 4.83. The third kappa shape index (κ3) is 3.97. The van der Waals surface area contributed by atoms with Gasteiger partial charge < -0.3 is 14.9 Å². The first kappa shape index (κ1) is 21.2. The molecule has 170 valence electrons. The molecular weight excluding hydrogens is 416 g/mol. The highest BCUT2D eigenvalue weighted by molar-refractivity contribution is 5.91. The van der Waals surface area contributed by atoms with Gasteiger partial charge in [0.05, 0.1) is 11.4 Å². The van der Waals surface area contributed by atoms with Crippen molar-refractivity contribution in [2.45, 2.75) is 52.5 Å². The summed E-state index contributed by atoms with van der Waals surface area (Å²) in [5, 5.41) is 8.32. The highest BCUT2D eigenvalue weighted by Gasteiger charge is 2.17. The first-order valence-electron chi connectivity index (χ1n) is 11.4. The predicted molar refractivity (Wildman–Crippen MR) is 128 cm³/mol. The second-order valence-electron chi connectivity index (χ2n) is 8.81. The molecule has 4 aromatic rings. The molecule has 1 aliphatic heterocycles. The van der Waals surface area contributed by atoms with Crippen molar-refractivity contribution in [3.8, 4) is 11.3 Å². The van der Waals surface area contributed by atoms with Gasteiger partial charge in [-0.15, -0.1) is 0 Å². The van der Waals surface area contributed by atoms with Crippen molar-refractivity contribution in [1.29, 1.82) is 0 Å². The molecule has 1 aliphatic rings. The van der Waals surface area contributed by atoms with Crippen molar-refractivity contribution >= 4 is 22.6 Å². The third-order valence-corrected chi connectivity index (χ3v) is 6.51. The number of rotatable bonds is 5. The van der Waals surface area contributed by atoms with Crippen molar-refractivity contribution in [2.75, 3.05) is 5.32 Å². The van der Waals surface area contributed by atoms with Crippen LogP contribution in [-0.4, -0.2) is 30.2 Å². The minimum Gasteiger partial charge on any atom is -0.334 e. The molecule has 1 amide bonds. The lowest BCUT2D eigenvalue weighted by Gasteiger charge is -2.11. The van der Waals surface area contributed by atoms with E-state index in [2.05, 4.69) is 26.2 Å². The minimum absolute atomic E-state index is 0.127. The molecule has 0 saturated heterocycles. The maximum atomic E-state index is 12.7. The first-order valence-corrected chi connectivity index (χ1v) is 11.4. The largest absolute Gasteiger partial charge is 0.334 e. The average molecular weight is 445 g/mol. The lowest BCUT2D eigenvalue weighted by atomic mass is 10.0. The highest BCUT2D eigenvalue weighted by atomic mass is 16.1. The molecule has 4 heterocycles. The van der Waals surface area contributed by atoms with Gasteiger partial charge in [-0.05, 0) is 50.8 Å². The van der Waals surface area contributed by atoms with E-state index in [1.165, 1.54) is 12.8 Å². The Morgan fingerprint density at radius 3 is 2.91 bits per heavy atom. The summed E-state index contributed by atoms with van der Waals surface area (Å²) >= 11 is 0. The minimum atomic E-state index is -0.165. The van der Waals surface area contributed by atoms with E-state index in [1.54, 1.807) is 4.68 Å². The van der Waals surface area contributed by atoms with Crippen LogP contribution in [0.15, 0.2) is 35.3 Å². The fourth-order valence-electron chi connectivity index (χ4n) is 4.83. The average Bonchev–Trinajstić information content (AvgIpc) is 3.34. The van der Waals surface area contributed by atoms with Gasteiger partial charge >= 0.3 is 0 Å². The summed E-state index contributed by atoms with van der Waals surface area (Å²) in [6.07, 6.45) is 6.07. The molecule has 0 unspecified atom stereocenters. The number of imidazole rings is 1. The molecule has 3 aromatic heterocycles. The van der Waals surface area contributed by atoms with Crippen LogP contribution in [0.5, 0.6) is 0 Å². The summed E-state index contributed by atoms with van der Waals surface area (Å²) in [6.45, 7) is 4.86. The maximum absolute atomic E-state index is 12.7. The van der Waals surface area contributed by atoms with Crippen molar-refractivity contribution in [1.82, 2.24) is 24.3 Å². The lowest BCUT2D eigenvalue weighted by molar-refractivity contribution is -0.116. The third-order valence-electron chi connectivity index (χ3n) is 6.51. The fraction of sp³-hybridized carbons (Fsp3) is 0.360.